The van der Waals surface area contributed by atoms with Crippen molar-refractivity contribution in [1.82, 2.24) is 14.1 Å². The Morgan fingerprint density at radius 3 is 2.72 bits per heavy atom. The molecule has 0 aliphatic rings. The lowest BCUT2D eigenvalue weighted by Gasteiger charge is -2.08. The Bertz CT molecular complexity index is 833. The van der Waals surface area contributed by atoms with Crippen LogP contribution in [0.5, 0.6) is 5.75 Å². The number of aromatic nitrogens is 2. The van der Waals surface area contributed by atoms with Gasteiger partial charge < -0.3 is 10.1 Å². The van der Waals surface area contributed by atoms with Crippen LogP contribution in [0.2, 0.25) is 0 Å². The molecule has 6 heteroatoms. The van der Waals surface area contributed by atoms with E-state index >= 15 is 0 Å². The molecular formula is C19H19N3O2S. The smallest absolute Gasteiger partial charge is 0.251 e. The zero-order chi connectivity index (χ0) is 17.5. The molecule has 0 fully saturated rings. The third kappa shape index (κ3) is 4.87. The van der Waals surface area contributed by atoms with Crippen LogP contribution in [0, 0.1) is 6.92 Å². The van der Waals surface area contributed by atoms with Crippen LogP contribution in [0.15, 0.2) is 54.6 Å². The molecule has 1 N–H and O–H groups in total. The van der Waals surface area contributed by atoms with E-state index in [4.69, 9.17) is 4.74 Å². The molecule has 1 aromatic heterocycles. The molecule has 0 spiro atoms. The van der Waals surface area contributed by atoms with E-state index in [0.29, 0.717) is 24.5 Å². The Hall–Kier alpha value is -2.73. The van der Waals surface area contributed by atoms with Crippen molar-refractivity contribution < 1.29 is 9.53 Å². The molecular weight excluding hydrogens is 334 g/mol. The summed E-state index contributed by atoms with van der Waals surface area (Å²) >= 11 is 1.17. The quantitative estimate of drug-likeness (QED) is 0.707. The summed E-state index contributed by atoms with van der Waals surface area (Å²) < 4.78 is 14.0. The second-order valence-corrected chi connectivity index (χ2v) is 6.13. The van der Waals surface area contributed by atoms with E-state index < -0.39 is 0 Å². The number of amides is 1. The first kappa shape index (κ1) is 17.1. The zero-order valence-corrected chi connectivity index (χ0v) is 14.8. The number of ether oxygens (including phenoxy) is 1. The fraction of sp³-hybridized carbons (Fsp3) is 0.211. The second kappa shape index (κ2) is 8.39. The minimum absolute atomic E-state index is 0.104. The maximum absolute atomic E-state index is 12.3. The lowest BCUT2D eigenvalue weighted by atomic mass is 10.1. The van der Waals surface area contributed by atoms with Crippen molar-refractivity contribution in [3.8, 4) is 5.75 Å². The number of nitrogens with one attached hydrogen (secondary N) is 1. The van der Waals surface area contributed by atoms with E-state index in [1.807, 2.05) is 37.3 Å². The van der Waals surface area contributed by atoms with Gasteiger partial charge >= 0.3 is 0 Å². The van der Waals surface area contributed by atoms with Crippen LogP contribution < -0.4 is 10.1 Å². The third-order valence-corrected chi connectivity index (χ3v) is 4.42. The molecule has 0 aliphatic carbocycles. The number of hydrogen-bond donors (Lipinski definition) is 1. The average Bonchev–Trinajstić information content (AvgIpc) is 3.06. The van der Waals surface area contributed by atoms with Gasteiger partial charge in [-0.2, -0.15) is 8.75 Å². The monoisotopic (exact) mass is 353 g/mol. The predicted molar refractivity (Wildman–Crippen MR) is 97.9 cm³/mol. The summed E-state index contributed by atoms with van der Waals surface area (Å²) in [6, 6.07) is 17.2. The average molecular weight is 353 g/mol. The highest BCUT2D eigenvalue weighted by Gasteiger charge is 2.08. The summed E-state index contributed by atoms with van der Waals surface area (Å²) in [6.45, 7) is 2.85. The van der Waals surface area contributed by atoms with E-state index in [-0.39, 0.29) is 5.91 Å². The van der Waals surface area contributed by atoms with Crippen LogP contribution in [0.4, 0.5) is 0 Å². The highest BCUT2D eigenvalue weighted by molar-refractivity contribution is 6.99. The molecule has 1 heterocycles. The lowest BCUT2D eigenvalue weighted by Crippen LogP contribution is -2.25. The summed E-state index contributed by atoms with van der Waals surface area (Å²) in [5.74, 6) is 0.538. The molecule has 3 aromatic rings. The van der Waals surface area contributed by atoms with Crippen molar-refractivity contribution >= 4 is 17.6 Å². The maximum Gasteiger partial charge on any atom is 0.251 e. The van der Waals surface area contributed by atoms with Crippen molar-refractivity contribution in [2.75, 3.05) is 6.54 Å². The van der Waals surface area contributed by atoms with E-state index in [1.54, 1.807) is 12.1 Å². The van der Waals surface area contributed by atoms with Gasteiger partial charge in [0.05, 0.1) is 17.4 Å². The van der Waals surface area contributed by atoms with E-state index in [0.717, 1.165) is 17.8 Å². The highest BCUT2D eigenvalue weighted by atomic mass is 32.1. The first-order valence-corrected chi connectivity index (χ1v) is 8.78. The van der Waals surface area contributed by atoms with E-state index in [1.165, 1.54) is 17.3 Å². The van der Waals surface area contributed by atoms with Gasteiger partial charge in [-0.05, 0) is 37.1 Å². The van der Waals surface area contributed by atoms with Gasteiger partial charge in [0.1, 0.15) is 18.1 Å². The molecule has 0 bridgehead atoms. The highest BCUT2D eigenvalue weighted by Crippen LogP contribution is 2.16. The fourth-order valence-corrected chi connectivity index (χ4v) is 2.88. The number of nitrogens with zero attached hydrogens (tertiary/aromatic N) is 2. The van der Waals surface area contributed by atoms with Crippen molar-refractivity contribution in [3.05, 3.63) is 77.1 Å². The molecule has 5 nitrogen and oxygen atoms in total. The van der Waals surface area contributed by atoms with Crippen molar-refractivity contribution in [1.29, 1.82) is 0 Å². The fourth-order valence-electron chi connectivity index (χ4n) is 2.33. The summed E-state index contributed by atoms with van der Waals surface area (Å²) in [5.41, 5.74) is 3.48. The first-order valence-electron chi connectivity index (χ1n) is 8.05. The number of carbonyl (C=O) groups excluding carboxylic acids is 1. The van der Waals surface area contributed by atoms with Crippen LogP contribution in [0.1, 0.15) is 27.3 Å². The summed E-state index contributed by atoms with van der Waals surface area (Å²) in [7, 11) is 0. The van der Waals surface area contributed by atoms with Crippen molar-refractivity contribution in [2.24, 2.45) is 0 Å². The Kier molecular flexibility index (Phi) is 5.74. The number of rotatable bonds is 7. The van der Waals surface area contributed by atoms with Crippen LogP contribution in [0.3, 0.4) is 0 Å². The van der Waals surface area contributed by atoms with Gasteiger partial charge in [-0.1, -0.05) is 36.4 Å². The van der Waals surface area contributed by atoms with Crippen molar-refractivity contribution in [3.63, 3.8) is 0 Å². The van der Waals surface area contributed by atoms with Gasteiger partial charge in [0.25, 0.3) is 5.91 Å². The predicted octanol–water partition coefficient (Wildman–Crippen LogP) is 3.40. The molecule has 25 heavy (non-hydrogen) atoms. The molecule has 3 rings (SSSR count). The minimum atomic E-state index is -0.104. The van der Waals surface area contributed by atoms with E-state index in [2.05, 4.69) is 26.2 Å². The second-order valence-electron chi connectivity index (χ2n) is 5.60. The van der Waals surface area contributed by atoms with Gasteiger partial charge in [0.2, 0.25) is 0 Å². The Morgan fingerprint density at radius 1 is 1.12 bits per heavy atom. The number of benzene rings is 2. The molecule has 0 radical (unpaired) electrons. The lowest BCUT2D eigenvalue weighted by molar-refractivity contribution is 0.0953. The van der Waals surface area contributed by atoms with Gasteiger partial charge in [0, 0.05) is 12.1 Å². The Balaban J connectivity index is 1.53. The van der Waals surface area contributed by atoms with E-state index in [9.17, 15) is 4.79 Å². The molecule has 0 saturated heterocycles. The number of carbonyl (C=O) groups is 1. The molecule has 0 saturated carbocycles. The SMILES string of the molecule is Cc1nsnc1COc1cccc(C(=O)NCCc2ccccc2)c1. The van der Waals surface area contributed by atoms with Crippen LogP contribution in [0.25, 0.3) is 0 Å². The topological polar surface area (TPSA) is 64.1 Å². The van der Waals surface area contributed by atoms with Gasteiger partial charge in [0.15, 0.2) is 0 Å². The standard InChI is InChI=1S/C19H19N3O2S/c1-14-18(22-25-21-14)13-24-17-9-5-8-16(12-17)19(23)20-11-10-15-6-3-2-4-7-15/h2-9,12H,10-11,13H2,1H3,(H,20,23). The van der Waals surface area contributed by atoms with Crippen LogP contribution in [-0.2, 0) is 13.0 Å². The maximum atomic E-state index is 12.3. The number of aryl methyl sites for hydroxylation is 1. The van der Waals surface area contributed by atoms with Crippen LogP contribution >= 0.6 is 11.7 Å². The molecule has 0 unspecified atom stereocenters. The zero-order valence-electron chi connectivity index (χ0n) is 13.9. The Labute approximate surface area is 151 Å². The summed E-state index contributed by atoms with van der Waals surface area (Å²) in [4.78, 5) is 12.3. The molecule has 2 aromatic carbocycles. The normalized spacial score (nSPS) is 10.4. The molecule has 0 aliphatic heterocycles. The molecule has 128 valence electrons. The summed E-state index contributed by atoms with van der Waals surface area (Å²) in [6.07, 6.45) is 0.804. The largest absolute Gasteiger partial charge is 0.487 e. The molecule has 1 amide bonds. The van der Waals surface area contributed by atoms with Gasteiger partial charge in [-0.15, -0.1) is 0 Å². The summed E-state index contributed by atoms with van der Waals surface area (Å²) in [5, 5.41) is 2.94. The van der Waals surface area contributed by atoms with Gasteiger partial charge in [-0.25, -0.2) is 0 Å². The van der Waals surface area contributed by atoms with Crippen molar-refractivity contribution in [2.45, 2.75) is 20.0 Å². The third-order valence-electron chi connectivity index (χ3n) is 3.76. The Morgan fingerprint density at radius 2 is 1.96 bits per heavy atom. The first-order chi connectivity index (χ1) is 12.2. The minimum Gasteiger partial charge on any atom is -0.487 e. The van der Waals surface area contributed by atoms with Crippen LogP contribution in [-0.4, -0.2) is 21.2 Å². The number of hydrogen-bond acceptors (Lipinski definition) is 5. The van der Waals surface area contributed by atoms with Gasteiger partial charge in [-0.3, -0.25) is 4.79 Å². The molecule has 0 atom stereocenters.